The summed E-state index contributed by atoms with van der Waals surface area (Å²) in [6.07, 6.45) is -4.78. The highest BCUT2D eigenvalue weighted by atomic mass is 35.7. The maximum atomic E-state index is 13.1. The fourth-order valence-corrected chi connectivity index (χ4v) is 2.65. The van der Waals surface area contributed by atoms with Gasteiger partial charge in [0.2, 0.25) is 0 Å². The van der Waals surface area contributed by atoms with E-state index in [0.717, 1.165) is 36.4 Å². The summed E-state index contributed by atoms with van der Waals surface area (Å²) in [6.45, 7) is 0. The zero-order valence-corrected chi connectivity index (χ0v) is 13.8. The van der Waals surface area contributed by atoms with Crippen molar-refractivity contribution in [2.75, 3.05) is 0 Å². The van der Waals surface area contributed by atoms with Crippen LogP contribution < -0.4 is 4.74 Å². The Labute approximate surface area is 144 Å². The summed E-state index contributed by atoms with van der Waals surface area (Å²) >= 11 is 5.18. The van der Waals surface area contributed by atoms with Crippen molar-refractivity contribution in [1.82, 2.24) is 0 Å². The van der Waals surface area contributed by atoms with E-state index in [2.05, 4.69) is 0 Å². The maximum absolute atomic E-state index is 13.1. The summed E-state index contributed by atoms with van der Waals surface area (Å²) in [4.78, 5) is 10.8. The van der Waals surface area contributed by atoms with Gasteiger partial charge in [0.15, 0.2) is 0 Å². The number of carbonyl (C=O) groups is 1. The third-order valence-electron chi connectivity index (χ3n) is 2.85. The number of alkyl halides is 3. The third-order valence-corrected chi connectivity index (χ3v) is 4.43. The first-order valence-corrected chi connectivity index (χ1v) is 8.81. The third kappa shape index (κ3) is 4.40. The minimum Gasteiger partial charge on any atom is -0.457 e. The average Bonchev–Trinajstić information content (AvgIpc) is 2.46. The van der Waals surface area contributed by atoms with Crippen LogP contribution >= 0.6 is 22.3 Å². The SMILES string of the molecule is O=C(Cl)c1ccc(Oc2ccc(S(=O)(=O)Cl)cc2)c(C(F)(F)F)c1. The molecule has 0 saturated carbocycles. The molecule has 0 N–H and O–H groups in total. The van der Waals surface area contributed by atoms with Gasteiger partial charge in [0.25, 0.3) is 14.3 Å². The van der Waals surface area contributed by atoms with E-state index in [4.69, 9.17) is 27.0 Å². The highest BCUT2D eigenvalue weighted by molar-refractivity contribution is 8.13. The molecule has 0 atom stereocenters. The first kappa shape index (κ1) is 18.6. The molecule has 0 unspecified atom stereocenters. The molecule has 0 amide bonds. The normalized spacial score (nSPS) is 12.0. The van der Waals surface area contributed by atoms with E-state index in [9.17, 15) is 26.4 Å². The molecule has 0 fully saturated rings. The van der Waals surface area contributed by atoms with Crippen molar-refractivity contribution in [2.24, 2.45) is 0 Å². The van der Waals surface area contributed by atoms with Gasteiger partial charge < -0.3 is 4.74 Å². The van der Waals surface area contributed by atoms with Gasteiger partial charge in [-0.1, -0.05) is 0 Å². The molecule has 0 aromatic heterocycles. The van der Waals surface area contributed by atoms with E-state index in [1.807, 2.05) is 0 Å². The van der Waals surface area contributed by atoms with Gasteiger partial charge in [0.1, 0.15) is 11.5 Å². The number of benzene rings is 2. The largest absolute Gasteiger partial charge is 0.457 e. The molecule has 0 aliphatic heterocycles. The van der Waals surface area contributed by atoms with E-state index in [-0.39, 0.29) is 16.2 Å². The molecular formula is C14H7Cl2F3O4S. The Kier molecular flexibility index (Phi) is 5.12. The summed E-state index contributed by atoms with van der Waals surface area (Å²) in [5.74, 6) is -0.611. The summed E-state index contributed by atoms with van der Waals surface area (Å²) in [5.41, 5.74) is -1.53. The van der Waals surface area contributed by atoms with Crippen LogP contribution in [0.2, 0.25) is 0 Å². The lowest BCUT2D eigenvalue weighted by atomic mass is 10.1. The van der Waals surface area contributed by atoms with Crippen molar-refractivity contribution < 1.29 is 31.1 Å². The van der Waals surface area contributed by atoms with Crippen molar-refractivity contribution in [3.8, 4) is 11.5 Å². The van der Waals surface area contributed by atoms with Crippen LogP contribution in [0.1, 0.15) is 15.9 Å². The van der Waals surface area contributed by atoms with Crippen LogP contribution in [-0.4, -0.2) is 13.7 Å². The van der Waals surface area contributed by atoms with Gasteiger partial charge in [-0.15, -0.1) is 0 Å². The lowest BCUT2D eigenvalue weighted by Gasteiger charge is -2.14. The summed E-state index contributed by atoms with van der Waals surface area (Å²) < 4.78 is 66.6. The van der Waals surface area contributed by atoms with Crippen molar-refractivity contribution >= 4 is 36.6 Å². The smallest absolute Gasteiger partial charge is 0.420 e. The predicted molar refractivity (Wildman–Crippen MR) is 81.2 cm³/mol. The van der Waals surface area contributed by atoms with Gasteiger partial charge >= 0.3 is 6.18 Å². The molecule has 0 saturated heterocycles. The quantitative estimate of drug-likeness (QED) is 0.693. The first-order chi connectivity index (χ1) is 11.0. The van der Waals surface area contributed by atoms with Crippen LogP contribution in [0.25, 0.3) is 0 Å². The Morgan fingerprint density at radius 2 is 1.62 bits per heavy atom. The Morgan fingerprint density at radius 3 is 2.08 bits per heavy atom. The van der Waals surface area contributed by atoms with E-state index < -0.39 is 31.8 Å². The van der Waals surface area contributed by atoms with Gasteiger partial charge in [-0.2, -0.15) is 13.2 Å². The van der Waals surface area contributed by atoms with Crippen LogP contribution in [0.5, 0.6) is 11.5 Å². The van der Waals surface area contributed by atoms with E-state index in [1.165, 1.54) is 0 Å². The van der Waals surface area contributed by atoms with E-state index in [1.54, 1.807) is 0 Å². The van der Waals surface area contributed by atoms with Gasteiger partial charge in [0.05, 0.1) is 10.5 Å². The zero-order chi connectivity index (χ0) is 18.1. The topological polar surface area (TPSA) is 60.4 Å². The molecule has 24 heavy (non-hydrogen) atoms. The number of hydrogen-bond donors (Lipinski definition) is 0. The lowest BCUT2D eigenvalue weighted by Crippen LogP contribution is -2.08. The molecule has 10 heteroatoms. The molecule has 2 rings (SSSR count). The van der Waals surface area contributed by atoms with Crippen LogP contribution in [0.15, 0.2) is 47.4 Å². The van der Waals surface area contributed by atoms with E-state index in [0.29, 0.717) is 6.07 Å². The standard InChI is InChI=1S/C14H7Cl2F3O4S/c15-13(20)8-1-6-12(11(7-8)14(17,18)19)23-9-2-4-10(5-3-9)24(16,21)22/h1-7H. The Morgan fingerprint density at radius 1 is 1.04 bits per heavy atom. The lowest BCUT2D eigenvalue weighted by molar-refractivity contribution is -0.138. The van der Waals surface area contributed by atoms with Crippen molar-refractivity contribution in [2.45, 2.75) is 11.1 Å². The molecule has 2 aromatic rings. The molecule has 0 heterocycles. The molecule has 0 aliphatic carbocycles. The van der Waals surface area contributed by atoms with Crippen LogP contribution in [-0.2, 0) is 15.2 Å². The summed E-state index contributed by atoms with van der Waals surface area (Å²) in [5, 5.41) is -1.04. The van der Waals surface area contributed by atoms with Crippen LogP contribution in [0, 0.1) is 0 Å². The highest BCUT2D eigenvalue weighted by Crippen LogP contribution is 2.39. The predicted octanol–water partition coefficient (Wildman–Crippen LogP) is 4.80. The Balaban J connectivity index is 2.40. The molecule has 0 spiro atoms. The number of rotatable bonds is 4. The number of halogens is 5. The summed E-state index contributed by atoms with van der Waals surface area (Å²) in [7, 11) is 1.19. The molecule has 128 valence electrons. The summed E-state index contributed by atoms with van der Waals surface area (Å²) in [6, 6.07) is 7.07. The average molecular weight is 399 g/mol. The maximum Gasteiger partial charge on any atom is 0.420 e. The number of hydrogen-bond acceptors (Lipinski definition) is 4. The van der Waals surface area contributed by atoms with Gasteiger partial charge in [-0.25, -0.2) is 8.42 Å². The van der Waals surface area contributed by atoms with Crippen molar-refractivity contribution in [3.63, 3.8) is 0 Å². The fourth-order valence-electron chi connectivity index (χ4n) is 1.76. The number of ether oxygens (including phenoxy) is 1. The second-order valence-corrected chi connectivity index (χ2v) is 7.40. The molecular weight excluding hydrogens is 392 g/mol. The second-order valence-electron chi connectivity index (χ2n) is 4.49. The Hall–Kier alpha value is -1.77. The fraction of sp³-hybridized carbons (Fsp3) is 0.0714. The molecule has 0 aliphatic rings. The molecule has 0 bridgehead atoms. The van der Waals surface area contributed by atoms with Gasteiger partial charge in [0, 0.05) is 16.2 Å². The van der Waals surface area contributed by atoms with E-state index >= 15 is 0 Å². The highest BCUT2D eigenvalue weighted by Gasteiger charge is 2.35. The minimum atomic E-state index is -4.78. The molecule has 2 aromatic carbocycles. The van der Waals surface area contributed by atoms with Crippen LogP contribution in [0.4, 0.5) is 13.2 Å². The van der Waals surface area contributed by atoms with Gasteiger partial charge in [-0.05, 0) is 54.1 Å². The second kappa shape index (κ2) is 6.62. The minimum absolute atomic E-state index is 0.0467. The first-order valence-electron chi connectivity index (χ1n) is 6.12. The molecule has 0 radical (unpaired) electrons. The van der Waals surface area contributed by atoms with Crippen LogP contribution in [0.3, 0.4) is 0 Å². The van der Waals surface area contributed by atoms with Gasteiger partial charge in [-0.3, -0.25) is 4.79 Å². The van der Waals surface area contributed by atoms with Crippen molar-refractivity contribution in [1.29, 1.82) is 0 Å². The zero-order valence-electron chi connectivity index (χ0n) is 11.5. The number of carbonyl (C=O) groups excluding carboxylic acids is 1. The Bertz CT molecular complexity index is 878. The molecule has 4 nitrogen and oxygen atoms in total. The van der Waals surface area contributed by atoms with Crippen molar-refractivity contribution in [3.05, 3.63) is 53.6 Å². The monoisotopic (exact) mass is 398 g/mol.